The van der Waals surface area contributed by atoms with E-state index in [1.807, 2.05) is 19.9 Å². The molecular weight excluding hydrogens is 272 g/mol. The fourth-order valence-corrected chi connectivity index (χ4v) is 1.95. The van der Waals surface area contributed by atoms with E-state index >= 15 is 0 Å². The molecule has 0 atom stereocenters. The van der Waals surface area contributed by atoms with Crippen molar-refractivity contribution in [3.05, 3.63) is 35.9 Å². The number of hydrogen-bond acceptors (Lipinski definition) is 2. The van der Waals surface area contributed by atoms with Crippen LogP contribution in [0.5, 0.6) is 0 Å². The molecule has 0 spiro atoms. The number of carbonyl (C=O) groups excluding carboxylic acids is 1. The molecule has 0 saturated carbocycles. The third-order valence-electron chi connectivity index (χ3n) is 3.25. The van der Waals surface area contributed by atoms with Gasteiger partial charge in [-0.3, -0.25) is 4.79 Å². The van der Waals surface area contributed by atoms with Crippen LogP contribution in [0.3, 0.4) is 0 Å². The Hall–Kier alpha value is -1.06. The highest BCUT2D eigenvalue weighted by atomic mass is 35.5. The molecule has 0 bridgehead atoms. The van der Waals surface area contributed by atoms with E-state index in [4.69, 9.17) is 11.6 Å². The second kappa shape index (κ2) is 8.28. The van der Waals surface area contributed by atoms with Crippen molar-refractivity contribution in [2.24, 2.45) is 5.41 Å². The lowest BCUT2D eigenvalue weighted by molar-refractivity contribution is -0.128. The van der Waals surface area contributed by atoms with E-state index in [9.17, 15) is 4.79 Å². The quantitative estimate of drug-likeness (QED) is 0.591. The normalized spacial score (nSPS) is 11.7. The molecule has 0 saturated heterocycles. The number of carbonyl (C=O) groups is 1. The summed E-state index contributed by atoms with van der Waals surface area (Å²) in [5.74, 6) is 0.366. The van der Waals surface area contributed by atoms with Gasteiger partial charge in [-0.05, 0) is 39.4 Å². The molecule has 1 N–H and O–H groups in total. The lowest BCUT2D eigenvalue weighted by Crippen LogP contribution is -2.39. The zero-order valence-corrected chi connectivity index (χ0v) is 13.4. The van der Waals surface area contributed by atoms with Gasteiger partial charge < -0.3 is 10.2 Å². The van der Waals surface area contributed by atoms with E-state index in [2.05, 4.69) is 41.5 Å². The molecule has 1 aromatic carbocycles. The summed E-state index contributed by atoms with van der Waals surface area (Å²) in [4.78, 5) is 14.1. The first kappa shape index (κ1) is 17.0. The highest BCUT2D eigenvalue weighted by Crippen LogP contribution is 2.16. The lowest BCUT2D eigenvalue weighted by atomic mass is 9.95. The molecule has 0 aromatic heterocycles. The zero-order valence-electron chi connectivity index (χ0n) is 12.7. The van der Waals surface area contributed by atoms with Crippen LogP contribution >= 0.6 is 11.6 Å². The number of nitrogens with one attached hydrogen (secondary N) is 1. The predicted octanol–water partition coefficient (Wildman–Crippen LogP) is 2.89. The standard InChI is InChI=1S/C16H25ClN2O/c1-16(2,13-17)15(20)18-10-7-11-19(3)12-14-8-5-4-6-9-14/h4-6,8-9H,7,10-13H2,1-3H3,(H,18,20). The van der Waals surface area contributed by atoms with E-state index in [0.717, 1.165) is 19.5 Å². The van der Waals surface area contributed by atoms with Crippen molar-refractivity contribution in [2.75, 3.05) is 26.0 Å². The van der Waals surface area contributed by atoms with E-state index < -0.39 is 5.41 Å². The monoisotopic (exact) mass is 296 g/mol. The number of halogens is 1. The molecule has 1 aromatic rings. The highest BCUT2D eigenvalue weighted by Gasteiger charge is 2.25. The maximum absolute atomic E-state index is 11.8. The first-order valence-corrected chi connectivity index (χ1v) is 7.56. The Bertz CT molecular complexity index is 406. The second-order valence-corrected chi connectivity index (χ2v) is 6.12. The van der Waals surface area contributed by atoms with E-state index in [1.54, 1.807) is 0 Å². The minimum Gasteiger partial charge on any atom is -0.356 e. The Labute approximate surface area is 127 Å². The average Bonchev–Trinajstić information content (AvgIpc) is 2.44. The number of rotatable bonds is 8. The summed E-state index contributed by atoms with van der Waals surface area (Å²) >= 11 is 5.77. The molecule has 0 fully saturated rings. The van der Waals surface area contributed by atoms with Gasteiger partial charge >= 0.3 is 0 Å². The SMILES string of the molecule is CN(CCCNC(=O)C(C)(C)CCl)Cc1ccccc1. The maximum Gasteiger partial charge on any atom is 0.226 e. The van der Waals surface area contributed by atoms with Crippen LogP contribution in [0.25, 0.3) is 0 Å². The Balaban J connectivity index is 2.20. The molecule has 112 valence electrons. The van der Waals surface area contributed by atoms with Crippen LogP contribution in [0.1, 0.15) is 25.8 Å². The summed E-state index contributed by atoms with van der Waals surface area (Å²) < 4.78 is 0. The molecule has 4 heteroatoms. The Morgan fingerprint density at radius 2 is 1.95 bits per heavy atom. The van der Waals surface area contributed by atoms with E-state index in [0.29, 0.717) is 12.4 Å². The van der Waals surface area contributed by atoms with Gasteiger partial charge in [-0.2, -0.15) is 0 Å². The van der Waals surface area contributed by atoms with Crippen LogP contribution in [0.2, 0.25) is 0 Å². The van der Waals surface area contributed by atoms with Crippen molar-refractivity contribution < 1.29 is 4.79 Å². The van der Waals surface area contributed by atoms with Crippen LogP contribution in [0, 0.1) is 5.41 Å². The predicted molar refractivity (Wildman–Crippen MR) is 84.9 cm³/mol. The Morgan fingerprint density at radius 3 is 2.55 bits per heavy atom. The fourth-order valence-electron chi connectivity index (χ4n) is 1.83. The van der Waals surface area contributed by atoms with E-state index in [1.165, 1.54) is 5.56 Å². The molecule has 0 heterocycles. The number of benzene rings is 1. The number of hydrogen-bond donors (Lipinski definition) is 1. The van der Waals surface area contributed by atoms with Gasteiger partial charge in [0.25, 0.3) is 0 Å². The van der Waals surface area contributed by atoms with Gasteiger partial charge in [0, 0.05) is 19.0 Å². The Morgan fingerprint density at radius 1 is 1.30 bits per heavy atom. The van der Waals surface area contributed by atoms with Crippen molar-refractivity contribution in [1.82, 2.24) is 10.2 Å². The van der Waals surface area contributed by atoms with Crippen molar-refractivity contribution in [3.63, 3.8) is 0 Å². The summed E-state index contributed by atoms with van der Waals surface area (Å²) in [7, 11) is 2.09. The molecular formula is C16H25ClN2O. The van der Waals surface area contributed by atoms with Gasteiger partial charge in [-0.1, -0.05) is 30.3 Å². The van der Waals surface area contributed by atoms with Crippen LogP contribution < -0.4 is 5.32 Å². The first-order chi connectivity index (χ1) is 9.45. The number of alkyl halides is 1. The lowest BCUT2D eigenvalue weighted by Gasteiger charge is -2.21. The molecule has 0 aliphatic rings. The minimum atomic E-state index is -0.489. The van der Waals surface area contributed by atoms with Gasteiger partial charge in [0.05, 0.1) is 5.41 Å². The van der Waals surface area contributed by atoms with Crippen LogP contribution in [-0.2, 0) is 11.3 Å². The summed E-state index contributed by atoms with van der Waals surface area (Å²) in [5, 5.41) is 2.94. The van der Waals surface area contributed by atoms with Crippen LogP contribution in [0.15, 0.2) is 30.3 Å². The molecule has 3 nitrogen and oxygen atoms in total. The van der Waals surface area contributed by atoms with Crippen molar-refractivity contribution in [2.45, 2.75) is 26.8 Å². The highest BCUT2D eigenvalue weighted by molar-refractivity contribution is 6.19. The van der Waals surface area contributed by atoms with Gasteiger partial charge in [-0.15, -0.1) is 11.6 Å². The summed E-state index contributed by atoms with van der Waals surface area (Å²) in [6, 6.07) is 10.4. The molecule has 0 aliphatic heterocycles. The van der Waals surface area contributed by atoms with Gasteiger partial charge in [0.15, 0.2) is 0 Å². The van der Waals surface area contributed by atoms with Crippen molar-refractivity contribution >= 4 is 17.5 Å². The first-order valence-electron chi connectivity index (χ1n) is 7.02. The molecule has 0 radical (unpaired) electrons. The van der Waals surface area contributed by atoms with Gasteiger partial charge in [0.1, 0.15) is 0 Å². The van der Waals surface area contributed by atoms with Crippen LogP contribution in [-0.4, -0.2) is 36.8 Å². The summed E-state index contributed by atoms with van der Waals surface area (Å²) in [6.07, 6.45) is 0.938. The molecule has 1 amide bonds. The third kappa shape index (κ3) is 5.93. The molecule has 0 aliphatic carbocycles. The Kier molecular flexibility index (Phi) is 7.03. The zero-order chi connectivity index (χ0) is 15.0. The largest absolute Gasteiger partial charge is 0.356 e. The summed E-state index contributed by atoms with van der Waals surface area (Å²) in [6.45, 7) is 6.30. The van der Waals surface area contributed by atoms with Gasteiger partial charge in [-0.25, -0.2) is 0 Å². The number of amides is 1. The van der Waals surface area contributed by atoms with E-state index in [-0.39, 0.29) is 5.91 Å². The second-order valence-electron chi connectivity index (χ2n) is 5.85. The fraction of sp³-hybridized carbons (Fsp3) is 0.562. The smallest absolute Gasteiger partial charge is 0.226 e. The number of nitrogens with zero attached hydrogens (tertiary/aromatic N) is 1. The molecule has 20 heavy (non-hydrogen) atoms. The van der Waals surface area contributed by atoms with Gasteiger partial charge in [0.2, 0.25) is 5.91 Å². The molecule has 0 unspecified atom stereocenters. The topological polar surface area (TPSA) is 32.3 Å². The minimum absolute atomic E-state index is 0.0261. The van der Waals surface area contributed by atoms with Crippen molar-refractivity contribution in [3.8, 4) is 0 Å². The maximum atomic E-state index is 11.8. The summed E-state index contributed by atoms with van der Waals surface area (Å²) in [5.41, 5.74) is 0.819. The van der Waals surface area contributed by atoms with Crippen molar-refractivity contribution in [1.29, 1.82) is 0 Å². The third-order valence-corrected chi connectivity index (χ3v) is 3.91. The van der Waals surface area contributed by atoms with Crippen LogP contribution in [0.4, 0.5) is 0 Å². The molecule has 1 rings (SSSR count). The average molecular weight is 297 g/mol.